The number of hydrogen-bond acceptors (Lipinski definition) is 5. The number of benzene rings is 2. The molecule has 2 aromatic carbocycles. The Hall–Kier alpha value is -2.51. The molecule has 0 unspecified atom stereocenters. The first-order valence-corrected chi connectivity index (χ1v) is 12.5. The highest BCUT2D eigenvalue weighted by Gasteiger charge is 2.52. The number of hydrogen-bond donors (Lipinski definition) is 0. The van der Waals surface area contributed by atoms with Gasteiger partial charge in [-0.25, -0.2) is 4.79 Å². The van der Waals surface area contributed by atoms with Crippen molar-refractivity contribution in [2.45, 2.75) is 97.3 Å². The molecule has 1 saturated carbocycles. The Morgan fingerprint density at radius 1 is 1.00 bits per heavy atom. The van der Waals surface area contributed by atoms with Crippen LogP contribution in [-0.4, -0.2) is 41.0 Å². The van der Waals surface area contributed by atoms with Crippen LogP contribution in [0.25, 0.3) is 0 Å². The molecule has 2 fully saturated rings. The molecule has 2 aliphatic rings. The molecule has 4 rings (SSSR count). The maximum Gasteiger partial charge on any atom is 0.494 e. The second kappa shape index (κ2) is 9.51. The van der Waals surface area contributed by atoms with Gasteiger partial charge in [-0.3, -0.25) is 0 Å². The van der Waals surface area contributed by atoms with Crippen molar-refractivity contribution >= 4 is 18.7 Å². The van der Waals surface area contributed by atoms with Crippen LogP contribution in [-0.2, 0) is 27.2 Å². The van der Waals surface area contributed by atoms with Crippen molar-refractivity contribution in [3.8, 4) is 5.75 Å². The van der Waals surface area contributed by atoms with Gasteiger partial charge in [-0.1, -0.05) is 36.4 Å². The zero-order chi connectivity index (χ0) is 25.4. The first kappa shape index (κ1) is 25.6. The molecule has 0 N–H and O–H groups in total. The van der Waals surface area contributed by atoms with Gasteiger partial charge in [0.15, 0.2) is 0 Å². The van der Waals surface area contributed by atoms with Gasteiger partial charge < -0.3 is 23.7 Å². The molecule has 1 aliphatic heterocycles. The van der Waals surface area contributed by atoms with E-state index in [-0.39, 0.29) is 12.1 Å². The van der Waals surface area contributed by atoms with Gasteiger partial charge in [-0.15, -0.1) is 0 Å². The molecule has 6 nitrogen and oxygen atoms in total. The van der Waals surface area contributed by atoms with Crippen LogP contribution in [0.3, 0.4) is 0 Å². The molecule has 0 bridgehead atoms. The molecule has 1 aliphatic carbocycles. The summed E-state index contributed by atoms with van der Waals surface area (Å²) < 4.78 is 24.5. The van der Waals surface area contributed by atoms with Crippen LogP contribution < -0.4 is 10.2 Å². The molecular formula is C28H38BNO5. The topological polar surface area (TPSA) is 57.2 Å². The van der Waals surface area contributed by atoms with Crippen LogP contribution in [0.15, 0.2) is 48.5 Å². The van der Waals surface area contributed by atoms with E-state index in [2.05, 4.69) is 6.07 Å². The molecule has 2 aromatic rings. The lowest BCUT2D eigenvalue weighted by Crippen LogP contribution is -2.41. The van der Waals surface area contributed by atoms with Crippen LogP contribution in [0.2, 0.25) is 0 Å². The highest BCUT2D eigenvalue weighted by molar-refractivity contribution is 6.62. The molecular weight excluding hydrogens is 441 g/mol. The summed E-state index contributed by atoms with van der Waals surface area (Å²) in [6.45, 7) is 14.7. The Morgan fingerprint density at radius 2 is 1.63 bits per heavy atom. The average molecular weight is 479 g/mol. The molecule has 188 valence electrons. The average Bonchev–Trinajstić information content (AvgIpc) is 3.56. The third kappa shape index (κ3) is 6.39. The molecule has 0 spiro atoms. The lowest BCUT2D eigenvalue weighted by atomic mass is 9.78. The van der Waals surface area contributed by atoms with Gasteiger partial charge in [0.1, 0.15) is 18.0 Å². The van der Waals surface area contributed by atoms with Crippen molar-refractivity contribution < 1.29 is 23.6 Å². The van der Waals surface area contributed by atoms with Crippen molar-refractivity contribution in [1.82, 2.24) is 4.90 Å². The largest absolute Gasteiger partial charge is 0.494 e. The van der Waals surface area contributed by atoms with Gasteiger partial charge >= 0.3 is 13.2 Å². The third-order valence-corrected chi connectivity index (χ3v) is 6.73. The standard InChI is InChI=1S/C28H38BNO5/c1-26(2,3)33-25(31)30(23-13-14-23)18-21-15-22(29-34-27(4,5)28(6,7)35-29)17-24(16-21)32-19-20-11-9-8-10-12-20/h8-12,15-17,23H,13-14,18-19H2,1-7H3. The minimum Gasteiger partial charge on any atom is -0.489 e. The van der Waals surface area contributed by atoms with Crippen LogP contribution >= 0.6 is 0 Å². The van der Waals surface area contributed by atoms with Crippen LogP contribution in [0.1, 0.15) is 72.4 Å². The lowest BCUT2D eigenvalue weighted by molar-refractivity contribution is 0.00578. The van der Waals surface area contributed by atoms with Crippen molar-refractivity contribution in [2.24, 2.45) is 0 Å². The molecule has 7 heteroatoms. The Kier molecular flexibility index (Phi) is 6.95. The first-order chi connectivity index (χ1) is 16.3. The number of rotatable bonds is 7. The summed E-state index contributed by atoms with van der Waals surface area (Å²) in [6.07, 6.45) is 1.70. The molecule has 1 amide bonds. The normalized spacial score (nSPS) is 18.9. The summed E-state index contributed by atoms with van der Waals surface area (Å²) in [6, 6.07) is 16.3. The van der Waals surface area contributed by atoms with E-state index in [1.807, 2.05) is 95.8 Å². The molecule has 0 radical (unpaired) electrons. The summed E-state index contributed by atoms with van der Waals surface area (Å²) in [7, 11) is -0.519. The van der Waals surface area contributed by atoms with Gasteiger partial charge in [0.05, 0.1) is 11.2 Å². The number of carbonyl (C=O) groups excluding carboxylic acids is 1. The minimum atomic E-state index is -0.543. The Balaban J connectivity index is 1.61. The fourth-order valence-corrected chi connectivity index (χ4v) is 3.96. The highest BCUT2D eigenvalue weighted by Crippen LogP contribution is 2.37. The smallest absolute Gasteiger partial charge is 0.489 e. The molecule has 35 heavy (non-hydrogen) atoms. The zero-order valence-corrected chi connectivity index (χ0v) is 22.1. The van der Waals surface area contributed by atoms with Crippen molar-refractivity contribution in [1.29, 1.82) is 0 Å². The minimum absolute atomic E-state index is 0.207. The Bertz CT molecular complexity index is 1030. The van der Waals surface area contributed by atoms with E-state index in [0.29, 0.717) is 13.2 Å². The predicted molar refractivity (Wildman–Crippen MR) is 138 cm³/mol. The quantitative estimate of drug-likeness (QED) is 0.494. The SMILES string of the molecule is CC(C)(C)OC(=O)N(Cc1cc(OCc2ccccc2)cc(B2OC(C)(C)C(C)(C)O2)c1)C1CC1. The second-order valence-corrected chi connectivity index (χ2v) is 11.6. The van der Waals surface area contributed by atoms with E-state index in [1.165, 1.54) is 0 Å². The number of ether oxygens (including phenoxy) is 2. The Morgan fingerprint density at radius 3 is 2.20 bits per heavy atom. The van der Waals surface area contributed by atoms with E-state index in [4.69, 9.17) is 18.8 Å². The monoisotopic (exact) mass is 479 g/mol. The maximum atomic E-state index is 13.0. The second-order valence-electron chi connectivity index (χ2n) is 11.6. The summed E-state index contributed by atoms with van der Waals surface area (Å²) in [5.74, 6) is 0.719. The van der Waals surface area contributed by atoms with E-state index in [0.717, 1.165) is 35.2 Å². The van der Waals surface area contributed by atoms with E-state index in [9.17, 15) is 4.79 Å². The lowest BCUT2D eigenvalue weighted by Gasteiger charge is -2.32. The van der Waals surface area contributed by atoms with Crippen LogP contribution in [0.5, 0.6) is 5.75 Å². The van der Waals surface area contributed by atoms with Gasteiger partial charge in [0.25, 0.3) is 0 Å². The van der Waals surface area contributed by atoms with Gasteiger partial charge in [0, 0.05) is 12.6 Å². The molecule has 0 atom stereocenters. The van der Waals surface area contributed by atoms with E-state index < -0.39 is 23.9 Å². The zero-order valence-electron chi connectivity index (χ0n) is 22.1. The summed E-state index contributed by atoms with van der Waals surface area (Å²) in [4.78, 5) is 14.8. The molecule has 0 aromatic heterocycles. The molecule has 1 saturated heterocycles. The third-order valence-electron chi connectivity index (χ3n) is 6.73. The predicted octanol–water partition coefficient (Wildman–Crippen LogP) is 5.46. The highest BCUT2D eigenvalue weighted by atomic mass is 16.7. The van der Waals surface area contributed by atoms with Crippen LogP contribution in [0, 0.1) is 0 Å². The maximum absolute atomic E-state index is 13.0. The summed E-state index contributed by atoms with van der Waals surface area (Å²) >= 11 is 0. The summed E-state index contributed by atoms with van der Waals surface area (Å²) in [5, 5.41) is 0. The Labute approximate surface area is 210 Å². The fourth-order valence-electron chi connectivity index (χ4n) is 3.96. The number of carbonyl (C=O) groups is 1. The first-order valence-electron chi connectivity index (χ1n) is 12.5. The van der Waals surface area contributed by atoms with Crippen LogP contribution in [0.4, 0.5) is 4.79 Å². The van der Waals surface area contributed by atoms with Crippen molar-refractivity contribution in [3.05, 3.63) is 59.7 Å². The number of nitrogens with zero attached hydrogens (tertiary/aromatic N) is 1. The van der Waals surface area contributed by atoms with Crippen molar-refractivity contribution in [3.63, 3.8) is 0 Å². The van der Waals surface area contributed by atoms with Gasteiger partial charge in [-0.05, 0) is 90.0 Å². The number of amides is 1. The summed E-state index contributed by atoms with van der Waals surface area (Å²) in [5.41, 5.74) is 1.48. The van der Waals surface area contributed by atoms with Gasteiger partial charge in [0.2, 0.25) is 0 Å². The van der Waals surface area contributed by atoms with Crippen molar-refractivity contribution in [2.75, 3.05) is 0 Å². The fraction of sp³-hybridized carbons (Fsp3) is 0.536. The molecule has 1 heterocycles. The van der Waals surface area contributed by atoms with E-state index in [1.54, 1.807) is 0 Å². The van der Waals surface area contributed by atoms with Gasteiger partial charge in [-0.2, -0.15) is 0 Å². The van der Waals surface area contributed by atoms with E-state index >= 15 is 0 Å².